The molecule has 1 aromatic rings. The van der Waals surface area contributed by atoms with Gasteiger partial charge in [-0.05, 0) is 31.7 Å². The minimum atomic E-state index is -0.669. The van der Waals surface area contributed by atoms with E-state index in [1.807, 2.05) is 35.2 Å². The van der Waals surface area contributed by atoms with Gasteiger partial charge in [-0.3, -0.25) is 4.79 Å². The van der Waals surface area contributed by atoms with Gasteiger partial charge in [-0.15, -0.1) is 0 Å². The van der Waals surface area contributed by atoms with Crippen molar-refractivity contribution in [2.24, 2.45) is 17.8 Å². The van der Waals surface area contributed by atoms with E-state index in [4.69, 9.17) is 9.47 Å². The molecule has 1 aliphatic heterocycles. The molecule has 0 aromatic heterocycles. The molecule has 3 rings (SSSR count). The molecule has 1 aliphatic carbocycles. The highest BCUT2D eigenvalue weighted by atomic mass is 16.5. The molecule has 28 heavy (non-hydrogen) atoms. The molecule has 3 atom stereocenters. The maximum atomic E-state index is 13.0. The Labute approximate surface area is 165 Å². The van der Waals surface area contributed by atoms with Gasteiger partial charge in [-0.1, -0.05) is 30.3 Å². The number of esters is 1. The number of piperidine rings is 1. The maximum Gasteiger partial charge on any atom is 0.417 e. The number of amides is 1. The molecule has 0 bridgehead atoms. The molecule has 1 saturated heterocycles. The van der Waals surface area contributed by atoms with Gasteiger partial charge >= 0.3 is 11.7 Å². The average molecular weight is 385 g/mol. The average Bonchev–Trinajstić information content (AvgIpc) is 3.43. The van der Waals surface area contributed by atoms with E-state index in [1.165, 1.54) is 0 Å². The molecule has 1 heterocycles. The lowest BCUT2D eigenvalue weighted by Crippen LogP contribution is -2.38. The van der Waals surface area contributed by atoms with Gasteiger partial charge in [0.25, 0.3) is 0 Å². The topological polar surface area (TPSA) is 92.2 Å². The van der Waals surface area contributed by atoms with Gasteiger partial charge in [0.05, 0.1) is 31.7 Å². The SMILES string of the molecule is CCOC(=O)C(=[N+]=[N-])[C@H]1[C@H](COCc2ccccc2)[C@H]1C(=O)N1CCCCC1. The zero-order valence-corrected chi connectivity index (χ0v) is 16.3. The van der Waals surface area contributed by atoms with Gasteiger partial charge < -0.3 is 19.9 Å². The van der Waals surface area contributed by atoms with Crippen LogP contribution in [0.25, 0.3) is 5.53 Å². The summed E-state index contributed by atoms with van der Waals surface area (Å²) in [5, 5.41) is 0. The Balaban J connectivity index is 1.67. The van der Waals surface area contributed by atoms with Crippen LogP contribution in [0.15, 0.2) is 30.3 Å². The zero-order valence-electron chi connectivity index (χ0n) is 16.3. The van der Waals surface area contributed by atoms with E-state index in [0.717, 1.165) is 37.9 Å². The molecule has 0 N–H and O–H groups in total. The molecule has 0 spiro atoms. The van der Waals surface area contributed by atoms with Gasteiger partial charge in [-0.25, -0.2) is 4.79 Å². The van der Waals surface area contributed by atoms with E-state index in [9.17, 15) is 15.1 Å². The Morgan fingerprint density at radius 3 is 2.50 bits per heavy atom. The zero-order chi connectivity index (χ0) is 19.9. The minimum Gasteiger partial charge on any atom is -0.457 e. The first-order chi connectivity index (χ1) is 13.7. The van der Waals surface area contributed by atoms with Crippen LogP contribution in [-0.4, -0.2) is 53.6 Å². The molecule has 0 unspecified atom stereocenters. The summed E-state index contributed by atoms with van der Waals surface area (Å²) in [6.07, 6.45) is 3.13. The normalized spacial score (nSPS) is 23.6. The summed E-state index contributed by atoms with van der Waals surface area (Å²) in [6, 6.07) is 9.77. The number of hydrogen-bond acceptors (Lipinski definition) is 4. The molecule has 1 aromatic carbocycles. The lowest BCUT2D eigenvalue weighted by molar-refractivity contribution is -0.140. The van der Waals surface area contributed by atoms with Gasteiger partial charge in [0.15, 0.2) is 0 Å². The number of carbonyl (C=O) groups is 2. The summed E-state index contributed by atoms with van der Waals surface area (Å²) >= 11 is 0. The van der Waals surface area contributed by atoms with Crippen LogP contribution < -0.4 is 0 Å². The number of ether oxygens (including phenoxy) is 2. The summed E-state index contributed by atoms with van der Waals surface area (Å²) in [5.74, 6) is -1.70. The molecule has 0 radical (unpaired) electrons. The van der Waals surface area contributed by atoms with Crippen molar-refractivity contribution in [1.29, 1.82) is 0 Å². The summed E-state index contributed by atoms with van der Waals surface area (Å²) < 4.78 is 10.8. The first-order valence-corrected chi connectivity index (χ1v) is 9.97. The van der Waals surface area contributed by atoms with Crippen LogP contribution in [0, 0.1) is 17.8 Å². The summed E-state index contributed by atoms with van der Waals surface area (Å²) in [7, 11) is 0. The van der Waals surface area contributed by atoms with Crippen molar-refractivity contribution in [2.75, 3.05) is 26.3 Å². The molecule has 1 amide bonds. The second kappa shape index (κ2) is 9.62. The van der Waals surface area contributed by atoms with Crippen molar-refractivity contribution in [2.45, 2.75) is 32.8 Å². The van der Waals surface area contributed by atoms with E-state index in [0.29, 0.717) is 13.2 Å². The van der Waals surface area contributed by atoms with Crippen molar-refractivity contribution in [3.63, 3.8) is 0 Å². The Bertz CT molecular complexity index is 739. The molecule has 1 saturated carbocycles. The molecule has 7 nitrogen and oxygen atoms in total. The molecular formula is C21H27N3O4. The fraction of sp³-hybridized carbons (Fsp3) is 0.571. The van der Waals surface area contributed by atoms with Crippen LogP contribution >= 0.6 is 0 Å². The minimum absolute atomic E-state index is 0.0171. The highest BCUT2D eigenvalue weighted by Crippen LogP contribution is 2.49. The van der Waals surface area contributed by atoms with Gasteiger partial charge in [0.1, 0.15) is 0 Å². The van der Waals surface area contributed by atoms with Crippen molar-refractivity contribution in [3.05, 3.63) is 41.4 Å². The van der Waals surface area contributed by atoms with Crippen LogP contribution in [0.2, 0.25) is 0 Å². The maximum absolute atomic E-state index is 13.0. The molecule has 150 valence electrons. The Morgan fingerprint density at radius 2 is 1.86 bits per heavy atom. The lowest BCUT2D eigenvalue weighted by atomic mass is 10.1. The third kappa shape index (κ3) is 4.66. The number of carbonyl (C=O) groups excluding carboxylic acids is 2. The highest BCUT2D eigenvalue weighted by Gasteiger charge is 2.64. The van der Waals surface area contributed by atoms with Crippen LogP contribution in [0.5, 0.6) is 0 Å². The van der Waals surface area contributed by atoms with Crippen LogP contribution in [-0.2, 0) is 25.7 Å². The van der Waals surface area contributed by atoms with E-state index >= 15 is 0 Å². The Hall–Kier alpha value is -2.50. The third-order valence-corrected chi connectivity index (χ3v) is 5.45. The van der Waals surface area contributed by atoms with E-state index < -0.39 is 17.8 Å². The quantitative estimate of drug-likeness (QED) is 0.297. The first kappa shape index (κ1) is 20.2. The van der Waals surface area contributed by atoms with E-state index in [2.05, 4.69) is 4.79 Å². The molecular weight excluding hydrogens is 358 g/mol. The van der Waals surface area contributed by atoms with Crippen molar-refractivity contribution < 1.29 is 23.9 Å². The second-order valence-electron chi connectivity index (χ2n) is 7.31. The smallest absolute Gasteiger partial charge is 0.417 e. The number of rotatable bonds is 8. The molecule has 2 aliphatic rings. The van der Waals surface area contributed by atoms with Crippen LogP contribution in [0.1, 0.15) is 31.7 Å². The van der Waals surface area contributed by atoms with Crippen LogP contribution in [0.3, 0.4) is 0 Å². The van der Waals surface area contributed by atoms with Crippen molar-refractivity contribution >= 4 is 17.6 Å². The van der Waals surface area contributed by atoms with Crippen LogP contribution in [0.4, 0.5) is 0 Å². The first-order valence-electron chi connectivity index (χ1n) is 9.97. The monoisotopic (exact) mass is 385 g/mol. The third-order valence-electron chi connectivity index (χ3n) is 5.45. The van der Waals surface area contributed by atoms with E-state index in [-0.39, 0.29) is 24.1 Å². The largest absolute Gasteiger partial charge is 0.457 e. The fourth-order valence-corrected chi connectivity index (χ4v) is 3.95. The predicted molar refractivity (Wildman–Crippen MR) is 102 cm³/mol. The fourth-order valence-electron chi connectivity index (χ4n) is 3.95. The lowest BCUT2D eigenvalue weighted by Gasteiger charge is -2.27. The second-order valence-corrected chi connectivity index (χ2v) is 7.31. The number of benzene rings is 1. The van der Waals surface area contributed by atoms with Gasteiger partial charge in [-0.2, -0.15) is 4.79 Å². The Morgan fingerprint density at radius 1 is 1.14 bits per heavy atom. The summed E-state index contributed by atoms with van der Waals surface area (Å²) in [5.41, 5.74) is 10.3. The molecule has 7 heteroatoms. The standard InChI is InChI=1S/C21H27N3O4/c1-2-28-21(26)19(23-22)17-16(14-27-13-15-9-5-3-6-10-15)18(17)20(25)24-11-7-4-8-12-24/h3,5-6,9-10,16-18H,2,4,7-8,11-14H2,1H3/t16-,17-,18+/m0/s1. The summed E-state index contributed by atoms with van der Waals surface area (Å²) in [6.45, 7) is 4.11. The van der Waals surface area contributed by atoms with Crippen molar-refractivity contribution in [1.82, 2.24) is 4.90 Å². The van der Waals surface area contributed by atoms with Crippen molar-refractivity contribution in [3.8, 4) is 0 Å². The molecule has 2 fully saturated rings. The predicted octanol–water partition coefficient (Wildman–Crippen LogP) is 2.31. The summed E-state index contributed by atoms with van der Waals surface area (Å²) in [4.78, 5) is 30.2. The van der Waals surface area contributed by atoms with Gasteiger partial charge in [0, 0.05) is 19.0 Å². The number of likely N-dealkylation sites (tertiary alicyclic amines) is 1. The van der Waals surface area contributed by atoms with Gasteiger partial charge in [0.2, 0.25) is 5.91 Å². The number of hydrogen-bond donors (Lipinski definition) is 0. The number of nitrogens with zero attached hydrogens (tertiary/aromatic N) is 3. The highest BCUT2D eigenvalue weighted by molar-refractivity contribution is 6.36. The Kier molecular flexibility index (Phi) is 6.95. The van der Waals surface area contributed by atoms with E-state index in [1.54, 1.807) is 6.92 Å².